The maximum atomic E-state index is 13.4. The highest BCUT2D eigenvalue weighted by atomic mass is 19.1. The molecule has 0 fully saturated rings. The fraction of sp³-hybridized carbons (Fsp3) is 0.182. The highest BCUT2D eigenvalue weighted by Crippen LogP contribution is 2.22. The quantitative estimate of drug-likeness (QED) is 0.483. The van der Waals surface area contributed by atoms with Crippen LogP contribution in [0.4, 0.5) is 8.78 Å². The Labute approximate surface area is 172 Å². The molecule has 154 valence electrons. The molecule has 0 spiro atoms. The summed E-state index contributed by atoms with van der Waals surface area (Å²) >= 11 is 0. The van der Waals surface area contributed by atoms with Gasteiger partial charge in [-0.3, -0.25) is 9.97 Å². The summed E-state index contributed by atoms with van der Waals surface area (Å²) in [6, 6.07) is 6.90. The van der Waals surface area contributed by atoms with Gasteiger partial charge >= 0.3 is 0 Å². The molecule has 0 aliphatic carbocycles. The summed E-state index contributed by atoms with van der Waals surface area (Å²) in [6.45, 7) is 5.44. The van der Waals surface area contributed by atoms with Crippen molar-refractivity contribution in [2.45, 2.75) is 13.3 Å². The van der Waals surface area contributed by atoms with Gasteiger partial charge in [0.2, 0.25) is 11.8 Å². The lowest BCUT2D eigenvalue weighted by Crippen LogP contribution is -1.96. The number of halogens is 2. The fourth-order valence-corrected chi connectivity index (χ4v) is 2.88. The maximum absolute atomic E-state index is 13.4. The van der Waals surface area contributed by atoms with E-state index in [-0.39, 0.29) is 5.82 Å². The molecule has 0 aliphatic rings. The number of hydrogen-bond donors (Lipinski definition) is 0. The van der Waals surface area contributed by atoms with E-state index in [0.717, 1.165) is 6.20 Å². The number of methoxy groups -OCH3 is 2. The lowest BCUT2D eigenvalue weighted by molar-refractivity contribution is 0.399. The van der Waals surface area contributed by atoms with Crippen molar-refractivity contribution in [3.8, 4) is 11.8 Å². The SMILES string of the molecule is C=Cc1c(F)cnc2ccc(OC)nc12.CCc1c(F)cnc2ccc(OC)nc12. The highest BCUT2D eigenvalue weighted by molar-refractivity contribution is 5.84. The minimum Gasteiger partial charge on any atom is -0.481 e. The van der Waals surface area contributed by atoms with Crippen LogP contribution in [0.2, 0.25) is 0 Å². The van der Waals surface area contributed by atoms with E-state index in [2.05, 4.69) is 26.5 Å². The Bertz CT molecular complexity index is 1210. The van der Waals surface area contributed by atoms with Gasteiger partial charge in [-0.1, -0.05) is 19.6 Å². The standard InChI is InChI=1S/C11H11FN2O.C11H9FN2O/c2*1-3-7-8(12)6-13-9-4-5-10(15-2)14-11(7)9/h4-6H,3H2,1-2H3;3-6H,1H2,2H3. The average molecular weight is 410 g/mol. The Kier molecular flexibility index (Phi) is 6.46. The van der Waals surface area contributed by atoms with Crippen LogP contribution >= 0.6 is 0 Å². The first-order valence-electron chi connectivity index (χ1n) is 9.12. The van der Waals surface area contributed by atoms with Crippen molar-refractivity contribution < 1.29 is 18.3 Å². The molecule has 4 aromatic heterocycles. The van der Waals surface area contributed by atoms with Crippen molar-refractivity contribution in [1.82, 2.24) is 19.9 Å². The third-order valence-electron chi connectivity index (χ3n) is 4.39. The van der Waals surface area contributed by atoms with Crippen molar-refractivity contribution in [3.63, 3.8) is 0 Å². The minimum absolute atomic E-state index is 0.314. The van der Waals surface area contributed by atoms with E-state index in [1.807, 2.05) is 6.92 Å². The molecule has 0 atom stereocenters. The van der Waals surface area contributed by atoms with Gasteiger partial charge in [-0.25, -0.2) is 18.7 Å². The normalized spacial score (nSPS) is 10.4. The van der Waals surface area contributed by atoms with E-state index in [1.54, 1.807) is 24.3 Å². The zero-order chi connectivity index (χ0) is 21.7. The molecule has 30 heavy (non-hydrogen) atoms. The summed E-state index contributed by atoms with van der Waals surface area (Å²) in [7, 11) is 3.04. The topological polar surface area (TPSA) is 70.0 Å². The van der Waals surface area contributed by atoms with Crippen molar-refractivity contribution in [2.24, 2.45) is 0 Å². The van der Waals surface area contributed by atoms with E-state index in [4.69, 9.17) is 9.47 Å². The van der Waals surface area contributed by atoms with Gasteiger partial charge < -0.3 is 9.47 Å². The zero-order valence-electron chi connectivity index (χ0n) is 16.8. The number of hydrogen-bond acceptors (Lipinski definition) is 6. The second-order valence-electron chi connectivity index (χ2n) is 6.10. The Morgan fingerprint density at radius 1 is 0.867 bits per heavy atom. The monoisotopic (exact) mass is 410 g/mol. The number of aromatic nitrogens is 4. The summed E-state index contributed by atoms with van der Waals surface area (Å²) in [6.07, 6.45) is 4.40. The predicted octanol–water partition coefficient (Wildman–Crippen LogP) is 4.76. The van der Waals surface area contributed by atoms with Crippen LogP contribution in [0.15, 0.2) is 43.2 Å². The van der Waals surface area contributed by atoms with Crippen LogP contribution in [0.3, 0.4) is 0 Å². The van der Waals surface area contributed by atoms with Crippen molar-refractivity contribution >= 4 is 28.1 Å². The number of ether oxygens (including phenoxy) is 2. The van der Waals surface area contributed by atoms with E-state index < -0.39 is 5.82 Å². The molecule has 0 amide bonds. The van der Waals surface area contributed by atoms with Gasteiger partial charge in [0, 0.05) is 23.3 Å². The van der Waals surface area contributed by atoms with Gasteiger partial charge in [-0.05, 0) is 18.6 Å². The number of fused-ring (bicyclic) bond motifs is 2. The Balaban J connectivity index is 0.000000171. The van der Waals surface area contributed by atoms with Crippen LogP contribution in [-0.2, 0) is 6.42 Å². The molecular weight excluding hydrogens is 390 g/mol. The summed E-state index contributed by atoms with van der Waals surface area (Å²) in [4.78, 5) is 16.2. The molecule has 8 heteroatoms. The second-order valence-corrected chi connectivity index (χ2v) is 6.10. The van der Waals surface area contributed by atoms with Gasteiger partial charge in [0.15, 0.2) is 5.82 Å². The third kappa shape index (κ3) is 4.17. The molecule has 4 rings (SSSR count). The molecule has 4 heterocycles. The second kappa shape index (κ2) is 9.21. The molecule has 0 bridgehead atoms. The van der Waals surface area contributed by atoms with Crippen LogP contribution in [0.5, 0.6) is 11.8 Å². The maximum Gasteiger partial charge on any atom is 0.213 e. The molecular formula is C22H20F2N4O2. The number of pyridine rings is 4. The first-order chi connectivity index (χ1) is 14.5. The highest BCUT2D eigenvalue weighted by Gasteiger charge is 2.09. The van der Waals surface area contributed by atoms with Crippen LogP contribution in [-0.4, -0.2) is 34.2 Å². The Hall–Kier alpha value is -3.68. The number of aryl methyl sites for hydroxylation is 1. The third-order valence-corrected chi connectivity index (χ3v) is 4.39. The van der Waals surface area contributed by atoms with E-state index in [0.29, 0.717) is 51.4 Å². The smallest absolute Gasteiger partial charge is 0.213 e. The van der Waals surface area contributed by atoms with E-state index in [1.165, 1.54) is 26.5 Å². The number of rotatable bonds is 4. The van der Waals surface area contributed by atoms with Gasteiger partial charge in [0.25, 0.3) is 0 Å². The van der Waals surface area contributed by atoms with Gasteiger partial charge in [-0.2, -0.15) is 0 Å². The predicted molar refractivity (Wildman–Crippen MR) is 112 cm³/mol. The molecule has 0 aliphatic heterocycles. The molecule has 0 radical (unpaired) electrons. The fourth-order valence-electron chi connectivity index (χ4n) is 2.88. The molecule has 0 unspecified atom stereocenters. The lowest BCUT2D eigenvalue weighted by atomic mass is 10.1. The first-order valence-corrected chi connectivity index (χ1v) is 9.12. The van der Waals surface area contributed by atoms with Crippen LogP contribution in [0.25, 0.3) is 28.1 Å². The first kappa shape index (κ1) is 21.0. The van der Waals surface area contributed by atoms with Gasteiger partial charge in [0.05, 0.1) is 43.2 Å². The zero-order valence-corrected chi connectivity index (χ0v) is 16.8. The van der Waals surface area contributed by atoms with E-state index >= 15 is 0 Å². The summed E-state index contributed by atoms with van der Waals surface area (Å²) < 4.78 is 36.7. The van der Waals surface area contributed by atoms with Crippen molar-refractivity contribution in [2.75, 3.05) is 14.2 Å². The van der Waals surface area contributed by atoms with Crippen molar-refractivity contribution in [1.29, 1.82) is 0 Å². The lowest BCUT2D eigenvalue weighted by Gasteiger charge is -2.05. The Morgan fingerprint density at radius 3 is 1.93 bits per heavy atom. The molecule has 0 saturated heterocycles. The van der Waals surface area contributed by atoms with Gasteiger partial charge in [-0.15, -0.1) is 0 Å². The Morgan fingerprint density at radius 2 is 1.40 bits per heavy atom. The van der Waals surface area contributed by atoms with Crippen molar-refractivity contribution in [3.05, 3.63) is 66.0 Å². The summed E-state index contributed by atoms with van der Waals surface area (Å²) in [5.41, 5.74) is 3.28. The average Bonchev–Trinajstić information content (AvgIpc) is 2.78. The molecule has 0 aromatic carbocycles. The van der Waals surface area contributed by atoms with Crippen LogP contribution in [0, 0.1) is 11.6 Å². The van der Waals surface area contributed by atoms with Crippen LogP contribution in [0.1, 0.15) is 18.1 Å². The molecule has 0 saturated carbocycles. The van der Waals surface area contributed by atoms with Gasteiger partial charge in [0.1, 0.15) is 11.3 Å². The van der Waals surface area contributed by atoms with Crippen LogP contribution < -0.4 is 9.47 Å². The number of nitrogens with zero attached hydrogens (tertiary/aromatic N) is 4. The van der Waals surface area contributed by atoms with E-state index in [9.17, 15) is 8.78 Å². The molecule has 6 nitrogen and oxygen atoms in total. The largest absolute Gasteiger partial charge is 0.481 e. The molecule has 4 aromatic rings. The summed E-state index contributed by atoms with van der Waals surface area (Å²) in [5.74, 6) is 0.159. The minimum atomic E-state index is -0.432. The summed E-state index contributed by atoms with van der Waals surface area (Å²) in [5, 5.41) is 0. The molecule has 0 N–H and O–H groups in total.